The number of allylic oxidation sites excluding steroid dienone is 1. The van der Waals surface area contributed by atoms with Gasteiger partial charge in [-0.1, -0.05) is 22.0 Å². The van der Waals surface area contributed by atoms with Gasteiger partial charge in [0.25, 0.3) is 0 Å². The van der Waals surface area contributed by atoms with Crippen molar-refractivity contribution in [3.8, 4) is 0 Å². The van der Waals surface area contributed by atoms with Gasteiger partial charge in [-0.05, 0) is 22.0 Å². The number of aliphatic hydroxyl groups is 2. The summed E-state index contributed by atoms with van der Waals surface area (Å²) in [5.41, 5.74) is 0. The summed E-state index contributed by atoms with van der Waals surface area (Å²) < 4.78 is -1.85. The molecule has 0 spiro atoms. The molecule has 0 aromatic rings. The molecular weight excluding hydrogens is 240 g/mol. The summed E-state index contributed by atoms with van der Waals surface area (Å²) in [5, 5.41) is 17.6. The average Bonchev–Trinajstić information content (AvgIpc) is 1.59. The van der Waals surface area contributed by atoms with E-state index in [2.05, 4.69) is 31.9 Å². The minimum atomic E-state index is -1.85. The van der Waals surface area contributed by atoms with Crippen molar-refractivity contribution in [1.82, 2.24) is 0 Å². The topological polar surface area (TPSA) is 40.5 Å². The molecule has 0 rings (SSSR count). The molecule has 0 atom stereocenters. The minimum absolute atomic E-state index is 0.613. The van der Waals surface area contributed by atoms with Crippen LogP contribution in [0.4, 0.5) is 0 Å². The molecule has 0 fully saturated rings. The van der Waals surface area contributed by atoms with Crippen molar-refractivity contribution in [2.24, 2.45) is 0 Å². The molecule has 0 heterocycles. The summed E-state index contributed by atoms with van der Waals surface area (Å²) in [6.45, 7) is 0. The zero-order chi connectivity index (χ0) is 6.62. The smallest absolute Gasteiger partial charge is 0.241 e. The molecule has 0 bridgehead atoms. The van der Waals surface area contributed by atoms with Gasteiger partial charge in [0.2, 0.25) is 4.70 Å². The molecule has 0 radical (unpaired) electrons. The lowest BCUT2D eigenvalue weighted by atomic mass is 10.5. The zero-order valence-electron chi connectivity index (χ0n) is 4.01. The normalized spacial score (nSPS) is 13.0. The minimum Gasteiger partial charge on any atom is -0.354 e. The van der Waals surface area contributed by atoms with Crippen molar-refractivity contribution < 1.29 is 10.2 Å². The van der Waals surface area contributed by atoms with Crippen LogP contribution in [0.5, 0.6) is 0 Å². The lowest BCUT2D eigenvalue weighted by molar-refractivity contribution is -0.0258. The van der Waals surface area contributed by atoms with Crippen LogP contribution in [0, 0.1) is 0 Å². The zero-order valence-corrected chi connectivity index (χ0v) is 7.18. The van der Waals surface area contributed by atoms with E-state index >= 15 is 0 Å². The van der Waals surface area contributed by atoms with Crippen LogP contribution in [0.25, 0.3) is 0 Å². The first-order chi connectivity index (χ1) is 3.56. The molecule has 2 nitrogen and oxygen atoms in total. The molecule has 0 aliphatic rings. The van der Waals surface area contributed by atoms with Crippen LogP contribution in [-0.2, 0) is 0 Å². The van der Waals surface area contributed by atoms with Crippen LogP contribution in [0.1, 0.15) is 0 Å². The number of rotatable bonds is 2. The average molecular weight is 246 g/mol. The second-order valence-electron chi connectivity index (χ2n) is 1.19. The van der Waals surface area contributed by atoms with E-state index < -0.39 is 4.70 Å². The maximum atomic E-state index is 8.51. The van der Waals surface area contributed by atoms with Gasteiger partial charge < -0.3 is 10.2 Å². The number of halogens is 2. The molecule has 4 heteroatoms. The molecular formula is C4H6Br2O2. The van der Waals surface area contributed by atoms with Crippen LogP contribution in [-0.4, -0.2) is 20.2 Å². The lowest BCUT2D eigenvalue weighted by Crippen LogP contribution is -2.13. The van der Waals surface area contributed by atoms with Crippen molar-refractivity contribution in [1.29, 1.82) is 0 Å². The fraction of sp³-hybridized carbons (Fsp3) is 0.500. The fourth-order valence-electron chi connectivity index (χ4n) is 0.194. The summed E-state index contributed by atoms with van der Waals surface area (Å²) in [7, 11) is 0. The molecule has 48 valence electrons. The Morgan fingerprint density at radius 2 is 2.00 bits per heavy atom. The first-order valence-electron chi connectivity index (χ1n) is 1.93. The van der Waals surface area contributed by atoms with Crippen LogP contribution >= 0.6 is 31.9 Å². The second kappa shape index (κ2) is 3.61. The summed E-state index contributed by atoms with van der Waals surface area (Å²) >= 11 is 5.66. The van der Waals surface area contributed by atoms with Crippen molar-refractivity contribution >= 4 is 31.9 Å². The highest BCUT2D eigenvalue weighted by atomic mass is 79.9. The molecule has 8 heavy (non-hydrogen) atoms. The molecule has 0 aromatic heterocycles. The van der Waals surface area contributed by atoms with Crippen LogP contribution in [0.2, 0.25) is 0 Å². The first kappa shape index (κ1) is 8.62. The van der Waals surface area contributed by atoms with E-state index in [0.717, 1.165) is 0 Å². The molecule has 0 aliphatic carbocycles. The van der Waals surface area contributed by atoms with Crippen molar-refractivity contribution in [3.05, 3.63) is 12.2 Å². The summed E-state index contributed by atoms with van der Waals surface area (Å²) in [5.74, 6) is 0. The monoisotopic (exact) mass is 244 g/mol. The van der Waals surface area contributed by atoms with Crippen LogP contribution < -0.4 is 0 Å². The SMILES string of the molecule is OC(O)(Br)/C=C/CBr. The summed E-state index contributed by atoms with van der Waals surface area (Å²) in [6, 6.07) is 0. The third-order valence-corrected chi connectivity index (χ3v) is 1.06. The molecule has 0 aliphatic heterocycles. The van der Waals surface area contributed by atoms with Gasteiger partial charge in [-0.25, -0.2) is 0 Å². The molecule has 0 saturated carbocycles. The van der Waals surface area contributed by atoms with Gasteiger partial charge >= 0.3 is 0 Å². The highest BCUT2D eigenvalue weighted by Crippen LogP contribution is 2.09. The largest absolute Gasteiger partial charge is 0.354 e. The highest BCUT2D eigenvalue weighted by Gasteiger charge is 2.10. The lowest BCUT2D eigenvalue weighted by Gasteiger charge is -2.04. The van der Waals surface area contributed by atoms with Gasteiger partial charge in [-0.15, -0.1) is 0 Å². The maximum Gasteiger partial charge on any atom is 0.241 e. The van der Waals surface area contributed by atoms with E-state index in [4.69, 9.17) is 10.2 Å². The van der Waals surface area contributed by atoms with E-state index in [0.29, 0.717) is 5.33 Å². The van der Waals surface area contributed by atoms with Crippen LogP contribution in [0.3, 0.4) is 0 Å². The second-order valence-corrected chi connectivity index (χ2v) is 3.01. The Morgan fingerprint density at radius 1 is 1.50 bits per heavy atom. The van der Waals surface area contributed by atoms with Crippen molar-refractivity contribution in [2.75, 3.05) is 5.33 Å². The Bertz CT molecular complexity index is 84.5. The maximum absolute atomic E-state index is 8.51. The number of hydrogen-bond acceptors (Lipinski definition) is 2. The third-order valence-electron chi connectivity index (χ3n) is 0.419. The number of hydrogen-bond donors (Lipinski definition) is 2. The van der Waals surface area contributed by atoms with E-state index in [1.165, 1.54) is 6.08 Å². The Hall–Kier alpha value is 0.620. The van der Waals surface area contributed by atoms with E-state index in [9.17, 15) is 0 Å². The first-order valence-corrected chi connectivity index (χ1v) is 3.85. The highest BCUT2D eigenvalue weighted by molar-refractivity contribution is 9.10. The van der Waals surface area contributed by atoms with E-state index in [1.807, 2.05) is 0 Å². The van der Waals surface area contributed by atoms with Crippen LogP contribution in [0.15, 0.2) is 12.2 Å². The Labute approximate surface area is 64.5 Å². The molecule has 0 saturated heterocycles. The fourth-order valence-corrected chi connectivity index (χ4v) is 0.568. The molecule has 0 unspecified atom stereocenters. The Balaban J connectivity index is 3.52. The predicted molar refractivity (Wildman–Crippen MR) is 39.0 cm³/mol. The Kier molecular flexibility index (Phi) is 3.89. The Morgan fingerprint density at radius 3 is 2.12 bits per heavy atom. The predicted octanol–water partition coefficient (Wildman–Crippen LogP) is 0.971. The number of alkyl halides is 2. The van der Waals surface area contributed by atoms with E-state index in [-0.39, 0.29) is 0 Å². The van der Waals surface area contributed by atoms with E-state index in [1.54, 1.807) is 6.08 Å². The van der Waals surface area contributed by atoms with Gasteiger partial charge in [0.1, 0.15) is 0 Å². The summed E-state index contributed by atoms with van der Waals surface area (Å²) in [6.07, 6.45) is 2.80. The van der Waals surface area contributed by atoms with Crippen molar-refractivity contribution in [2.45, 2.75) is 4.70 Å². The van der Waals surface area contributed by atoms with Gasteiger partial charge in [-0.2, -0.15) is 0 Å². The van der Waals surface area contributed by atoms with Gasteiger partial charge in [-0.3, -0.25) is 0 Å². The van der Waals surface area contributed by atoms with Gasteiger partial charge in [0.05, 0.1) is 0 Å². The van der Waals surface area contributed by atoms with Crippen molar-refractivity contribution in [3.63, 3.8) is 0 Å². The summed E-state index contributed by atoms with van der Waals surface area (Å²) in [4.78, 5) is 0. The quantitative estimate of drug-likeness (QED) is 0.433. The molecule has 2 N–H and O–H groups in total. The molecule has 0 aromatic carbocycles. The third kappa shape index (κ3) is 6.62. The van der Waals surface area contributed by atoms with Gasteiger partial charge in [0.15, 0.2) is 0 Å². The molecule has 0 amide bonds. The standard InChI is InChI=1S/C4H6Br2O2/c5-3-1-2-4(6,7)8/h1-2,7-8H,3H2/b2-1+. The van der Waals surface area contributed by atoms with Gasteiger partial charge in [0, 0.05) is 5.33 Å².